The summed E-state index contributed by atoms with van der Waals surface area (Å²) in [6.45, 7) is 0. The van der Waals surface area contributed by atoms with Crippen molar-refractivity contribution < 1.29 is 9.90 Å². The number of imidazole rings is 1. The number of H-pyrrole nitrogens is 1. The number of fused-ring (bicyclic) bond motifs is 1. The van der Waals surface area contributed by atoms with Gasteiger partial charge in [-0.05, 0) is 18.1 Å². The van der Waals surface area contributed by atoms with Crippen LogP contribution in [0.15, 0.2) is 18.6 Å². The second-order valence-electron chi connectivity index (χ2n) is 2.96. The van der Waals surface area contributed by atoms with Gasteiger partial charge >= 0.3 is 5.97 Å². The van der Waals surface area contributed by atoms with E-state index in [9.17, 15) is 4.79 Å². The zero-order chi connectivity index (χ0) is 9.97. The Kier molecular flexibility index (Phi) is 2.14. The maximum Gasteiger partial charge on any atom is 0.303 e. The lowest BCUT2D eigenvalue weighted by molar-refractivity contribution is -0.136. The van der Waals surface area contributed by atoms with Crippen LogP contribution < -0.4 is 0 Å². The van der Waals surface area contributed by atoms with E-state index in [1.165, 1.54) is 0 Å². The third-order valence-electron chi connectivity index (χ3n) is 2.02. The number of hydrogen-bond acceptors (Lipinski definition) is 3. The highest BCUT2D eigenvalue weighted by Crippen LogP contribution is 2.13. The molecule has 0 aromatic carbocycles. The molecule has 14 heavy (non-hydrogen) atoms. The van der Waals surface area contributed by atoms with Gasteiger partial charge < -0.3 is 10.1 Å². The highest BCUT2D eigenvalue weighted by Gasteiger charge is 2.05. The molecule has 0 saturated carbocycles. The monoisotopic (exact) mass is 191 g/mol. The number of aromatic amines is 1. The highest BCUT2D eigenvalue weighted by atomic mass is 16.4. The number of carbonyl (C=O) groups is 1. The number of nitrogens with zero attached hydrogens (tertiary/aromatic N) is 2. The Morgan fingerprint density at radius 2 is 2.36 bits per heavy atom. The molecule has 5 nitrogen and oxygen atoms in total. The SMILES string of the molecule is O=C(O)CCc1ccnc2nc[nH]c12. The van der Waals surface area contributed by atoms with Crippen LogP contribution in [-0.2, 0) is 11.2 Å². The summed E-state index contributed by atoms with van der Waals surface area (Å²) >= 11 is 0. The van der Waals surface area contributed by atoms with Gasteiger partial charge in [-0.2, -0.15) is 0 Å². The van der Waals surface area contributed by atoms with Crippen molar-refractivity contribution in [2.75, 3.05) is 0 Å². The van der Waals surface area contributed by atoms with Crippen LogP contribution in [0, 0.1) is 0 Å². The fraction of sp³-hybridized carbons (Fsp3) is 0.222. The Labute approximate surface area is 79.8 Å². The lowest BCUT2D eigenvalue weighted by Gasteiger charge is -1.98. The van der Waals surface area contributed by atoms with Gasteiger partial charge in [-0.3, -0.25) is 4.79 Å². The minimum atomic E-state index is -0.797. The van der Waals surface area contributed by atoms with E-state index in [1.807, 2.05) is 6.07 Å². The molecule has 0 bridgehead atoms. The fourth-order valence-corrected chi connectivity index (χ4v) is 1.35. The number of hydrogen-bond donors (Lipinski definition) is 2. The highest BCUT2D eigenvalue weighted by molar-refractivity contribution is 5.75. The molecule has 2 rings (SSSR count). The van der Waals surface area contributed by atoms with Crippen LogP contribution in [0.2, 0.25) is 0 Å². The summed E-state index contributed by atoms with van der Waals surface area (Å²) in [6.07, 6.45) is 3.82. The molecule has 0 fully saturated rings. The van der Waals surface area contributed by atoms with Crippen molar-refractivity contribution in [2.24, 2.45) is 0 Å². The second kappa shape index (κ2) is 3.45. The van der Waals surface area contributed by atoms with Crippen LogP contribution in [0.4, 0.5) is 0 Å². The van der Waals surface area contributed by atoms with Gasteiger partial charge in [-0.15, -0.1) is 0 Å². The van der Waals surface area contributed by atoms with Crippen LogP contribution in [0.25, 0.3) is 11.2 Å². The third kappa shape index (κ3) is 1.56. The first kappa shape index (κ1) is 8.68. The average Bonchev–Trinajstić information content (AvgIpc) is 2.62. The summed E-state index contributed by atoms with van der Waals surface area (Å²) in [7, 11) is 0. The Bertz CT molecular complexity index is 464. The number of carboxylic acids is 1. The Balaban J connectivity index is 2.32. The van der Waals surface area contributed by atoms with Crippen LogP contribution in [-0.4, -0.2) is 26.0 Å². The minimum absolute atomic E-state index is 0.123. The average molecular weight is 191 g/mol. The Morgan fingerprint density at radius 3 is 3.14 bits per heavy atom. The number of rotatable bonds is 3. The van der Waals surface area contributed by atoms with E-state index in [0.717, 1.165) is 11.1 Å². The van der Waals surface area contributed by atoms with Crippen LogP contribution in [0.5, 0.6) is 0 Å². The van der Waals surface area contributed by atoms with E-state index in [-0.39, 0.29) is 6.42 Å². The van der Waals surface area contributed by atoms with Gasteiger partial charge in [0.15, 0.2) is 5.65 Å². The number of nitrogens with one attached hydrogen (secondary N) is 1. The van der Waals surface area contributed by atoms with Crippen molar-refractivity contribution in [1.82, 2.24) is 15.0 Å². The molecule has 0 aliphatic carbocycles. The van der Waals surface area contributed by atoms with E-state index in [1.54, 1.807) is 12.5 Å². The summed E-state index contributed by atoms with van der Waals surface area (Å²) in [5.74, 6) is -0.797. The first-order valence-corrected chi connectivity index (χ1v) is 4.26. The molecule has 2 N–H and O–H groups in total. The second-order valence-corrected chi connectivity index (χ2v) is 2.96. The van der Waals surface area contributed by atoms with Crippen LogP contribution in [0.3, 0.4) is 0 Å². The van der Waals surface area contributed by atoms with Crippen LogP contribution >= 0.6 is 0 Å². The largest absolute Gasteiger partial charge is 0.481 e. The molecule has 0 unspecified atom stereocenters. The summed E-state index contributed by atoms with van der Waals surface area (Å²) in [5, 5.41) is 8.56. The number of carboxylic acid groups (broad SMARTS) is 1. The molecular formula is C9H9N3O2. The predicted molar refractivity (Wildman–Crippen MR) is 49.8 cm³/mol. The molecule has 2 aromatic heterocycles. The third-order valence-corrected chi connectivity index (χ3v) is 2.02. The van der Waals surface area contributed by atoms with E-state index < -0.39 is 5.97 Å². The molecule has 0 aliphatic heterocycles. The summed E-state index contributed by atoms with van der Waals surface area (Å²) in [5.41, 5.74) is 2.40. The van der Waals surface area contributed by atoms with E-state index in [0.29, 0.717) is 12.1 Å². The van der Waals surface area contributed by atoms with E-state index in [4.69, 9.17) is 5.11 Å². The van der Waals surface area contributed by atoms with E-state index >= 15 is 0 Å². The molecule has 0 atom stereocenters. The molecular weight excluding hydrogens is 182 g/mol. The Morgan fingerprint density at radius 1 is 1.50 bits per heavy atom. The number of aliphatic carboxylic acids is 1. The summed E-state index contributed by atoms with van der Waals surface area (Å²) < 4.78 is 0. The van der Waals surface area contributed by atoms with Crippen LogP contribution in [0.1, 0.15) is 12.0 Å². The number of aromatic nitrogens is 3. The molecule has 0 aliphatic rings. The molecule has 2 aromatic rings. The van der Waals surface area contributed by atoms with Gasteiger partial charge in [0.05, 0.1) is 11.8 Å². The maximum atomic E-state index is 10.4. The molecule has 0 saturated heterocycles. The standard InChI is InChI=1S/C9H9N3O2/c13-7(14)2-1-6-3-4-10-9-8(6)11-5-12-9/h3-5H,1-2H2,(H,13,14)(H,10,11,12). The molecule has 5 heteroatoms. The first-order chi connectivity index (χ1) is 6.77. The lowest BCUT2D eigenvalue weighted by atomic mass is 10.1. The number of pyridine rings is 1. The van der Waals surface area contributed by atoms with Crippen molar-refractivity contribution in [3.8, 4) is 0 Å². The summed E-state index contributed by atoms with van der Waals surface area (Å²) in [6, 6.07) is 1.81. The lowest BCUT2D eigenvalue weighted by Crippen LogP contribution is -1.98. The number of aryl methyl sites for hydroxylation is 1. The van der Waals surface area contributed by atoms with Crippen molar-refractivity contribution in [3.63, 3.8) is 0 Å². The van der Waals surface area contributed by atoms with Gasteiger partial charge in [0.25, 0.3) is 0 Å². The van der Waals surface area contributed by atoms with Crippen molar-refractivity contribution >= 4 is 17.1 Å². The quantitative estimate of drug-likeness (QED) is 0.757. The van der Waals surface area contributed by atoms with Gasteiger partial charge in [0.1, 0.15) is 0 Å². The zero-order valence-electron chi connectivity index (χ0n) is 7.40. The summed E-state index contributed by atoms with van der Waals surface area (Å²) in [4.78, 5) is 21.4. The zero-order valence-corrected chi connectivity index (χ0v) is 7.40. The molecule has 72 valence electrons. The first-order valence-electron chi connectivity index (χ1n) is 4.26. The van der Waals surface area contributed by atoms with Crippen molar-refractivity contribution in [3.05, 3.63) is 24.2 Å². The van der Waals surface area contributed by atoms with Gasteiger partial charge in [0, 0.05) is 12.6 Å². The molecule has 2 heterocycles. The topological polar surface area (TPSA) is 78.9 Å². The van der Waals surface area contributed by atoms with Crippen molar-refractivity contribution in [2.45, 2.75) is 12.8 Å². The van der Waals surface area contributed by atoms with E-state index in [2.05, 4.69) is 15.0 Å². The van der Waals surface area contributed by atoms with Crippen molar-refractivity contribution in [1.29, 1.82) is 0 Å². The minimum Gasteiger partial charge on any atom is -0.481 e. The Hall–Kier alpha value is -1.91. The van der Waals surface area contributed by atoms with Gasteiger partial charge in [-0.25, -0.2) is 9.97 Å². The van der Waals surface area contributed by atoms with Gasteiger partial charge in [-0.1, -0.05) is 0 Å². The molecule has 0 amide bonds. The van der Waals surface area contributed by atoms with Gasteiger partial charge in [0.2, 0.25) is 0 Å². The fourth-order valence-electron chi connectivity index (χ4n) is 1.35. The predicted octanol–water partition coefficient (Wildman–Crippen LogP) is 0.975. The maximum absolute atomic E-state index is 10.4. The smallest absolute Gasteiger partial charge is 0.303 e. The molecule has 0 radical (unpaired) electrons. The molecule has 0 spiro atoms. The normalized spacial score (nSPS) is 10.6.